The first-order valence-corrected chi connectivity index (χ1v) is 8.27. The lowest BCUT2D eigenvalue weighted by atomic mass is 10.1. The van der Waals surface area contributed by atoms with Gasteiger partial charge in [-0.25, -0.2) is 13.9 Å². The van der Waals surface area contributed by atoms with Gasteiger partial charge in [0.1, 0.15) is 17.2 Å². The van der Waals surface area contributed by atoms with E-state index in [4.69, 9.17) is 0 Å². The molecule has 10 heteroatoms. The molecule has 0 spiro atoms. The SMILES string of the molecule is O=C(Nc1ccnc(C(F)(F)F)c1)c1ccc2ncc(-c3ccccc3F)n2n1. The molecule has 0 radical (unpaired) electrons. The standard InChI is InChI=1S/C19H11F4N5O/c20-13-4-2-1-3-12(13)15-10-25-17-6-5-14(27-28(15)17)18(29)26-11-7-8-24-16(9-11)19(21,22)23/h1-10H,(H,24,26,29). The summed E-state index contributed by atoms with van der Waals surface area (Å²) < 4.78 is 53.7. The Labute approximate surface area is 160 Å². The third-order valence-electron chi connectivity index (χ3n) is 4.05. The molecule has 0 aliphatic carbocycles. The highest BCUT2D eigenvalue weighted by Gasteiger charge is 2.32. The van der Waals surface area contributed by atoms with Gasteiger partial charge in [0.05, 0.1) is 11.9 Å². The van der Waals surface area contributed by atoms with Crippen molar-refractivity contribution in [2.45, 2.75) is 6.18 Å². The van der Waals surface area contributed by atoms with Crippen molar-refractivity contribution in [3.05, 3.63) is 78.1 Å². The monoisotopic (exact) mass is 401 g/mol. The Hall–Kier alpha value is -3.82. The van der Waals surface area contributed by atoms with E-state index in [-0.39, 0.29) is 16.9 Å². The Morgan fingerprint density at radius 3 is 2.59 bits per heavy atom. The molecule has 0 unspecified atom stereocenters. The molecule has 0 saturated carbocycles. The fourth-order valence-corrected chi connectivity index (χ4v) is 2.71. The van der Waals surface area contributed by atoms with Crippen LogP contribution in [0.15, 0.2) is 60.9 Å². The Morgan fingerprint density at radius 1 is 1.03 bits per heavy atom. The smallest absolute Gasteiger partial charge is 0.320 e. The van der Waals surface area contributed by atoms with Gasteiger partial charge in [-0.3, -0.25) is 9.78 Å². The zero-order chi connectivity index (χ0) is 20.6. The zero-order valence-electron chi connectivity index (χ0n) is 14.5. The summed E-state index contributed by atoms with van der Waals surface area (Å²) in [4.78, 5) is 19.8. The van der Waals surface area contributed by atoms with Crippen molar-refractivity contribution in [3.63, 3.8) is 0 Å². The number of benzene rings is 1. The highest BCUT2D eigenvalue weighted by molar-refractivity contribution is 6.02. The van der Waals surface area contributed by atoms with Crippen LogP contribution in [0.2, 0.25) is 0 Å². The molecule has 0 atom stereocenters. The average molecular weight is 401 g/mol. The largest absolute Gasteiger partial charge is 0.433 e. The summed E-state index contributed by atoms with van der Waals surface area (Å²) in [5, 5.41) is 6.51. The Kier molecular flexibility index (Phi) is 4.45. The van der Waals surface area contributed by atoms with Gasteiger partial charge in [0.15, 0.2) is 5.65 Å². The number of hydrogen-bond donors (Lipinski definition) is 1. The van der Waals surface area contributed by atoms with Gasteiger partial charge >= 0.3 is 6.18 Å². The van der Waals surface area contributed by atoms with Crippen LogP contribution >= 0.6 is 0 Å². The second-order valence-electron chi connectivity index (χ2n) is 5.99. The van der Waals surface area contributed by atoms with E-state index in [9.17, 15) is 22.4 Å². The number of amides is 1. The molecule has 0 aliphatic rings. The number of nitrogens with one attached hydrogen (secondary N) is 1. The molecular weight excluding hydrogens is 390 g/mol. The van der Waals surface area contributed by atoms with Crippen molar-refractivity contribution in [2.75, 3.05) is 5.32 Å². The van der Waals surface area contributed by atoms with Crippen molar-refractivity contribution >= 4 is 17.2 Å². The van der Waals surface area contributed by atoms with E-state index in [1.165, 1.54) is 41.0 Å². The van der Waals surface area contributed by atoms with Gasteiger partial charge < -0.3 is 5.32 Å². The van der Waals surface area contributed by atoms with E-state index < -0.39 is 23.6 Å². The van der Waals surface area contributed by atoms with E-state index in [0.717, 1.165) is 12.3 Å². The Morgan fingerprint density at radius 2 is 1.83 bits per heavy atom. The van der Waals surface area contributed by atoms with Crippen LogP contribution in [0, 0.1) is 5.82 Å². The molecule has 0 saturated heterocycles. The molecule has 1 amide bonds. The third-order valence-corrected chi connectivity index (χ3v) is 4.05. The van der Waals surface area contributed by atoms with Gasteiger partial charge in [-0.2, -0.15) is 18.3 Å². The fraction of sp³-hybridized carbons (Fsp3) is 0.0526. The zero-order valence-corrected chi connectivity index (χ0v) is 14.5. The molecule has 4 aromatic rings. The van der Waals surface area contributed by atoms with Crippen molar-refractivity contribution in [1.29, 1.82) is 0 Å². The maximum atomic E-state index is 14.1. The van der Waals surface area contributed by atoms with E-state index in [1.807, 2.05) is 0 Å². The highest BCUT2D eigenvalue weighted by Crippen LogP contribution is 2.29. The minimum Gasteiger partial charge on any atom is -0.320 e. The van der Waals surface area contributed by atoms with Gasteiger partial charge in [0.2, 0.25) is 0 Å². The maximum absolute atomic E-state index is 14.1. The molecule has 0 fully saturated rings. The average Bonchev–Trinajstić information content (AvgIpc) is 3.11. The first-order valence-electron chi connectivity index (χ1n) is 8.27. The molecule has 0 bridgehead atoms. The van der Waals surface area contributed by atoms with Crippen molar-refractivity contribution in [3.8, 4) is 11.3 Å². The fourth-order valence-electron chi connectivity index (χ4n) is 2.71. The van der Waals surface area contributed by atoms with Crippen LogP contribution in [0.4, 0.5) is 23.2 Å². The number of rotatable bonds is 3. The van der Waals surface area contributed by atoms with Crippen LogP contribution in [0.1, 0.15) is 16.2 Å². The quantitative estimate of drug-likeness (QED) is 0.523. The van der Waals surface area contributed by atoms with Crippen LogP contribution in [-0.2, 0) is 6.18 Å². The second kappa shape index (κ2) is 6.97. The number of pyridine rings is 1. The lowest BCUT2D eigenvalue weighted by molar-refractivity contribution is -0.141. The van der Waals surface area contributed by atoms with Crippen LogP contribution in [0.25, 0.3) is 16.9 Å². The summed E-state index contributed by atoms with van der Waals surface area (Å²) in [5.74, 6) is -1.22. The molecule has 0 aliphatic heterocycles. The van der Waals surface area contributed by atoms with E-state index in [0.29, 0.717) is 11.3 Å². The summed E-state index contributed by atoms with van der Waals surface area (Å²) in [6, 6.07) is 10.8. The van der Waals surface area contributed by atoms with Gasteiger partial charge in [-0.15, -0.1) is 0 Å². The molecule has 6 nitrogen and oxygen atoms in total. The summed E-state index contributed by atoms with van der Waals surface area (Å²) in [7, 11) is 0. The maximum Gasteiger partial charge on any atom is 0.433 e. The van der Waals surface area contributed by atoms with Crippen molar-refractivity contribution in [2.24, 2.45) is 0 Å². The molecule has 1 N–H and O–H groups in total. The van der Waals surface area contributed by atoms with Gasteiger partial charge in [-0.1, -0.05) is 12.1 Å². The Bertz CT molecular complexity index is 1220. The van der Waals surface area contributed by atoms with Crippen LogP contribution in [0.3, 0.4) is 0 Å². The first-order chi connectivity index (χ1) is 13.8. The molecule has 29 heavy (non-hydrogen) atoms. The van der Waals surface area contributed by atoms with Gasteiger partial charge in [-0.05, 0) is 36.4 Å². The van der Waals surface area contributed by atoms with E-state index in [1.54, 1.807) is 12.1 Å². The number of halogens is 4. The highest BCUT2D eigenvalue weighted by atomic mass is 19.4. The van der Waals surface area contributed by atoms with Crippen LogP contribution in [-0.4, -0.2) is 25.5 Å². The lowest BCUT2D eigenvalue weighted by Gasteiger charge is -2.09. The third kappa shape index (κ3) is 3.64. The molecular formula is C19H11F4N5O. The molecule has 4 rings (SSSR count). The predicted octanol–water partition coefficient (Wildman–Crippen LogP) is 4.20. The van der Waals surface area contributed by atoms with Gasteiger partial charge in [0.25, 0.3) is 5.91 Å². The minimum absolute atomic E-state index is 0.0841. The number of alkyl halides is 3. The first kappa shape index (κ1) is 18.5. The normalized spacial score (nSPS) is 11.6. The molecule has 1 aromatic carbocycles. The summed E-state index contributed by atoms with van der Waals surface area (Å²) in [5.41, 5.74) is -0.346. The summed E-state index contributed by atoms with van der Waals surface area (Å²) in [6.07, 6.45) is -2.27. The number of aromatic nitrogens is 4. The van der Waals surface area contributed by atoms with Crippen molar-refractivity contribution in [1.82, 2.24) is 19.6 Å². The number of hydrogen-bond acceptors (Lipinski definition) is 4. The molecule has 3 heterocycles. The summed E-state index contributed by atoms with van der Waals surface area (Å²) >= 11 is 0. The number of carbonyl (C=O) groups is 1. The van der Waals surface area contributed by atoms with Gasteiger partial charge in [0, 0.05) is 17.4 Å². The van der Waals surface area contributed by atoms with E-state index >= 15 is 0 Å². The number of imidazole rings is 1. The predicted molar refractivity (Wildman–Crippen MR) is 95.6 cm³/mol. The summed E-state index contributed by atoms with van der Waals surface area (Å²) in [6.45, 7) is 0. The minimum atomic E-state index is -4.64. The van der Waals surface area contributed by atoms with Crippen LogP contribution in [0.5, 0.6) is 0 Å². The lowest BCUT2D eigenvalue weighted by Crippen LogP contribution is -2.16. The number of anilines is 1. The number of carbonyl (C=O) groups excluding carboxylic acids is 1. The van der Waals surface area contributed by atoms with Crippen LogP contribution < -0.4 is 5.32 Å². The van der Waals surface area contributed by atoms with E-state index in [2.05, 4.69) is 20.4 Å². The molecule has 146 valence electrons. The van der Waals surface area contributed by atoms with Crippen molar-refractivity contribution < 1.29 is 22.4 Å². The Balaban J connectivity index is 1.67. The molecule has 3 aromatic heterocycles. The number of nitrogens with zero attached hydrogens (tertiary/aromatic N) is 4. The number of fused-ring (bicyclic) bond motifs is 1. The second-order valence-corrected chi connectivity index (χ2v) is 5.99. The topological polar surface area (TPSA) is 72.2 Å².